The van der Waals surface area contributed by atoms with Gasteiger partial charge in [-0.05, 0) is 35.9 Å². The van der Waals surface area contributed by atoms with Crippen molar-refractivity contribution >= 4 is 11.9 Å². The van der Waals surface area contributed by atoms with Gasteiger partial charge in [-0.25, -0.2) is 0 Å². The number of benzene rings is 2. The van der Waals surface area contributed by atoms with Crippen LogP contribution < -0.4 is 9.64 Å². The zero-order chi connectivity index (χ0) is 20.9. The molecule has 0 spiro atoms. The summed E-state index contributed by atoms with van der Waals surface area (Å²) in [6.07, 6.45) is -2.09. The van der Waals surface area contributed by atoms with Crippen molar-refractivity contribution in [3.8, 4) is 5.75 Å². The van der Waals surface area contributed by atoms with E-state index < -0.39 is 11.7 Å². The number of hydrogen-bond acceptors (Lipinski definition) is 3. The Morgan fingerprint density at radius 3 is 2.59 bits per heavy atom. The molecule has 0 amide bonds. The molecule has 4 nitrogen and oxygen atoms in total. The van der Waals surface area contributed by atoms with Crippen LogP contribution in [0.25, 0.3) is 6.08 Å². The fourth-order valence-corrected chi connectivity index (χ4v) is 3.34. The fraction of sp³-hybridized carbons (Fsp3) is 0.318. The molecule has 0 radical (unpaired) electrons. The van der Waals surface area contributed by atoms with Gasteiger partial charge in [-0.1, -0.05) is 24.3 Å². The van der Waals surface area contributed by atoms with Gasteiger partial charge in [0.2, 0.25) is 0 Å². The number of ether oxygens (including phenoxy) is 2. The van der Waals surface area contributed by atoms with Crippen LogP contribution in [0.2, 0.25) is 0 Å². The standard InChI is InChI=1S/C22H22F3NO3/c1-28-21-9-7-17(14-18(21)15-26-10-12-29-13-11-26)20(27)8-6-16-4-2-3-5-19(16)22(23,24)25/h2-9,14H,10-13,15H2,1H3/p+1/b8-6+. The van der Waals surface area contributed by atoms with Crippen molar-refractivity contribution in [3.05, 3.63) is 70.8 Å². The monoisotopic (exact) mass is 406 g/mol. The van der Waals surface area contributed by atoms with Crippen molar-refractivity contribution in [2.45, 2.75) is 12.7 Å². The second-order valence-corrected chi connectivity index (χ2v) is 6.85. The Hall–Kier alpha value is -2.64. The van der Waals surface area contributed by atoms with Crippen molar-refractivity contribution in [2.24, 2.45) is 0 Å². The van der Waals surface area contributed by atoms with Crippen LogP contribution in [-0.4, -0.2) is 39.2 Å². The van der Waals surface area contributed by atoms with Gasteiger partial charge in [0.1, 0.15) is 25.4 Å². The number of methoxy groups -OCH3 is 1. The first-order valence-electron chi connectivity index (χ1n) is 9.35. The number of hydrogen-bond donors (Lipinski definition) is 1. The highest BCUT2D eigenvalue weighted by molar-refractivity contribution is 6.07. The maximum absolute atomic E-state index is 13.1. The highest BCUT2D eigenvalue weighted by atomic mass is 19.4. The Balaban J connectivity index is 1.81. The van der Waals surface area contributed by atoms with Gasteiger partial charge in [-0.15, -0.1) is 0 Å². The predicted octanol–water partition coefficient (Wildman–Crippen LogP) is 3.03. The highest BCUT2D eigenvalue weighted by Gasteiger charge is 2.32. The number of alkyl halides is 3. The van der Waals surface area contributed by atoms with Crippen molar-refractivity contribution in [2.75, 3.05) is 33.4 Å². The third-order valence-electron chi connectivity index (χ3n) is 4.89. The molecule has 1 aliphatic heterocycles. The van der Waals surface area contributed by atoms with E-state index >= 15 is 0 Å². The van der Waals surface area contributed by atoms with Crippen LogP contribution in [0, 0.1) is 0 Å². The van der Waals surface area contributed by atoms with Crippen LogP contribution in [0.5, 0.6) is 5.75 Å². The Labute approximate surface area is 167 Å². The molecule has 7 heteroatoms. The summed E-state index contributed by atoms with van der Waals surface area (Å²) in [5.41, 5.74) is 0.490. The second-order valence-electron chi connectivity index (χ2n) is 6.85. The zero-order valence-corrected chi connectivity index (χ0v) is 16.1. The highest BCUT2D eigenvalue weighted by Crippen LogP contribution is 2.32. The van der Waals surface area contributed by atoms with Crippen molar-refractivity contribution in [1.82, 2.24) is 0 Å². The first-order chi connectivity index (χ1) is 13.9. The largest absolute Gasteiger partial charge is 0.496 e. The number of halogens is 3. The number of ketones is 1. The van der Waals surface area contributed by atoms with Crippen molar-refractivity contribution in [3.63, 3.8) is 0 Å². The molecule has 0 atom stereocenters. The summed E-state index contributed by atoms with van der Waals surface area (Å²) in [5, 5.41) is 0. The molecule has 0 aromatic heterocycles. The van der Waals surface area contributed by atoms with E-state index in [1.54, 1.807) is 25.3 Å². The molecule has 0 aliphatic carbocycles. The van der Waals surface area contributed by atoms with E-state index in [9.17, 15) is 18.0 Å². The Kier molecular flexibility index (Phi) is 6.71. The third-order valence-corrected chi connectivity index (χ3v) is 4.89. The normalized spacial score (nSPS) is 15.6. The van der Waals surface area contributed by atoms with Gasteiger partial charge >= 0.3 is 6.18 Å². The molecule has 1 fully saturated rings. The predicted molar refractivity (Wildman–Crippen MR) is 103 cm³/mol. The molecule has 1 saturated heterocycles. The van der Waals surface area contributed by atoms with Gasteiger partial charge < -0.3 is 14.4 Å². The van der Waals surface area contributed by atoms with E-state index in [0.717, 1.165) is 24.7 Å². The molecule has 0 saturated carbocycles. The maximum Gasteiger partial charge on any atom is 0.416 e. The van der Waals surface area contributed by atoms with Crippen LogP contribution in [0.15, 0.2) is 48.5 Å². The summed E-state index contributed by atoms with van der Waals surface area (Å²) in [6, 6.07) is 10.3. The van der Waals surface area contributed by atoms with Crippen LogP contribution in [0.4, 0.5) is 13.2 Å². The van der Waals surface area contributed by atoms with Gasteiger partial charge in [0.05, 0.1) is 25.9 Å². The Morgan fingerprint density at radius 1 is 1.17 bits per heavy atom. The van der Waals surface area contributed by atoms with Gasteiger partial charge in [0.25, 0.3) is 0 Å². The van der Waals surface area contributed by atoms with E-state index in [1.807, 2.05) is 0 Å². The number of carbonyl (C=O) groups is 1. The van der Waals surface area contributed by atoms with Crippen LogP contribution in [-0.2, 0) is 17.5 Å². The number of nitrogens with one attached hydrogen (secondary N) is 1. The van der Waals surface area contributed by atoms with E-state index in [-0.39, 0.29) is 11.3 Å². The first-order valence-corrected chi connectivity index (χ1v) is 9.35. The summed E-state index contributed by atoms with van der Waals surface area (Å²) >= 11 is 0. The van der Waals surface area contributed by atoms with Gasteiger partial charge in [-0.2, -0.15) is 13.2 Å². The number of quaternary nitrogens is 1. The Bertz CT molecular complexity index is 887. The fourth-order valence-electron chi connectivity index (χ4n) is 3.34. The average Bonchev–Trinajstić information content (AvgIpc) is 2.72. The lowest BCUT2D eigenvalue weighted by Crippen LogP contribution is -3.12. The lowest BCUT2D eigenvalue weighted by molar-refractivity contribution is -0.921. The smallest absolute Gasteiger partial charge is 0.416 e. The zero-order valence-electron chi connectivity index (χ0n) is 16.1. The first kappa shape index (κ1) is 21.1. The lowest BCUT2D eigenvalue weighted by atomic mass is 10.0. The molecule has 2 aromatic rings. The van der Waals surface area contributed by atoms with E-state index in [1.165, 1.54) is 35.3 Å². The molecule has 0 bridgehead atoms. The molecule has 0 unspecified atom stereocenters. The topological polar surface area (TPSA) is 40.0 Å². The molecular weight excluding hydrogens is 383 g/mol. The van der Waals surface area contributed by atoms with Crippen molar-refractivity contribution < 1.29 is 32.3 Å². The van der Waals surface area contributed by atoms with Crippen molar-refractivity contribution in [1.29, 1.82) is 0 Å². The molecular formula is C22H23F3NO3+. The summed E-state index contributed by atoms with van der Waals surface area (Å²) in [7, 11) is 1.57. The Morgan fingerprint density at radius 2 is 1.90 bits per heavy atom. The maximum atomic E-state index is 13.1. The van der Waals surface area contributed by atoms with Gasteiger partial charge in [-0.3, -0.25) is 4.79 Å². The number of allylic oxidation sites excluding steroid dienone is 1. The minimum absolute atomic E-state index is 0.0418. The number of morpholine rings is 1. The average molecular weight is 406 g/mol. The quantitative estimate of drug-likeness (QED) is 0.592. The number of carbonyl (C=O) groups excluding carboxylic acids is 1. The van der Waals surface area contributed by atoms with Crippen LogP contribution >= 0.6 is 0 Å². The van der Waals surface area contributed by atoms with Crippen LogP contribution in [0.1, 0.15) is 27.0 Å². The summed E-state index contributed by atoms with van der Waals surface area (Å²) < 4.78 is 50.1. The summed E-state index contributed by atoms with van der Waals surface area (Å²) in [5.74, 6) is 0.329. The van der Waals surface area contributed by atoms with E-state index in [4.69, 9.17) is 9.47 Å². The molecule has 29 heavy (non-hydrogen) atoms. The van der Waals surface area contributed by atoms with E-state index in [2.05, 4.69) is 0 Å². The summed E-state index contributed by atoms with van der Waals surface area (Å²) in [6.45, 7) is 3.81. The molecule has 3 rings (SSSR count). The van der Waals surface area contributed by atoms with Gasteiger partial charge in [0.15, 0.2) is 5.78 Å². The summed E-state index contributed by atoms with van der Waals surface area (Å²) in [4.78, 5) is 13.9. The minimum atomic E-state index is -4.47. The molecule has 2 aromatic carbocycles. The molecule has 1 aliphatic rings. The third kappa shape index (κ3) is 5.46. The second kappa shape index (κ2) is 9.24. The van der Waals surface area contributed by atoms with Crippen LogP contribution in [0.3, 0.4) is 0 Å². The molecule has 1 N–H and O–H groups in total. The van der Waals surface area contributed by atoms with Gasteiger partial charge in [0, 0.05) is 11.1 Å². The molecule has 154 valence electrons. The SMILES string of the molecule is COc1ccc(C(=O)/C=C/c2ccccc2C(F)(F)F)cc1C[NH+]1CCOCC1. The number of rotatable bonds is 6. The van der Waals surface area contributed by atoms with E-state index in [0.29, 0.717) is 31.1 Å². The minimum Gasteiger partial charge on any atom is -0.496 e. The lowest BCUT2D eigenvalue weighted by Gasteiger charge is -2.24. The molecule has 1 heterocycles.